The number of esters is 1. The molecule has 0 bridgehead atoms. The predicted molar refractivity (Wildman–Crippen MR) is 102 cm³/mol. The maximum absolute atomic E-state index is 14.5. The van der Waals surface area contributed by atoms with E-state index in [4.69, 9.17) is 4.74 Å². The Hall–Kier alpha value is -1.83. The van der Waals surface area contributed by atoms with Crippen LogP contribution in [0.25, 0.3) is 0 Å². The molecule has 1 aliphatic heterocycles. The quantitative estimate of drug-likeness (QED) is 0.468. The fourth-order valence-corrected chi connectivity index (χ4v) is 4.65. The number of alkyl halides is 3. The van der Waals surface area contributed by atoms with Crippen molar-refractivity contribution in [3.05, 3.63) is 29.1 Å². The minimum Gasteiger partial charge on any atom is -0.489 e. The first kappa shape index (κ1) is 21.4. The maximum atomic E-state index is 14.5. The van der Waals surface area contributed by atoms with Crippen molar-refractivity contribution in [3.63, 3.8) is 0 Å². The lowest BCUT2D eigenvalue weighted by molar-refractivity contribution is -0.257. The van der Waals surface area contributed by atoms with Gasteiger partial charge in [0.2, 0.25) is 0 Å². The van der Waals surface area contributed by atoms with Gasteiger partial charge in [0.05, 0.1) is 18.1 Å². The molecule has 2 saturated carbocycles. The normalized spacial score (nSPS) is 24.2. The molecule has 2 aliphatic carbocycles. The monoisotopic (exact) mass is 429 g/mol. The van der Waals surface area contributed by atoms with Gasteiger partial charge in [0.25, 0.3) is 0 Å². The van der Waals surface area contributed by atoms with Gasteiger partial charge >= 0.3 is 12.1 Å². The van der Waals surface area contributed by atoms with E-state index in [1.54, 1.807) is 0 Å². The van der Waals surface area contributed by atoms with E-state index in [9.17, 15) is 22.4 Å². The number of hydrogen-bond acceptors (Lipinski definition) is 4. The Morgan fingerprint density at radius 3 is 2.50 bits per heavy atom. The Labute approximate surface area is 173 Å². The maximum Gasteiger partial charge on any atom is 0.395 e. The molecule has 1 unspecified atom stereocenters. The molecular weight excluding hydrogens is 402 g/mol. The van der Waals surface area contributed by atoms with Crippen LogP contribution in [0.1, 0.15) is 66.8 Å². The SMILES string of the molecule is COC(=O)c1cc(C2CC2)c(OC2CCCN(CC3(C(F)(F)F)CCC3)C2)cc1F. The highest BCUT2D eigenvalue weighted by Crippen LogP contribution is 2.53. The Kier molecular flexibility index (Phi) is 5.72. The first-order chi connectivity index (χ1) is 14.2. The van der Waals surface area contributed by atoms with Crippen LogP contribution in [0.2, 0.25) is 0 Å². The summed E-state index contributed by atoms with van der Waals surface area (Å²) in [6, 6.07) is 2.73. The van der Waals surface area contributed by atoms with E-state index in [0.717, 1.165) is 24.8 Å². The summed E-state index contributed by atoms with van der Waals surface area (Å²) in [6.45, 7) is 1.01. The lowest BCUT2D eigenvalue weighted by Gasteiger charge is -2.47. The molecule has 166 valence electrons. The summed E-state index contributed by atoms with van der Waals surface area (Å²) in [6.07, 6.45) is -0.185. The molecule has 4 rings (SSSR count). The zero-order valence-corrected chi connectivity index (χ0v) is 17.1. The fourth-order valence-electron chi connectivity index (χ4n) is 4.65. The minimum atomic E-state index is -4.19. The Morgan fingerprint density at radius 2 is 1.93 bits per heavy atom. The number of benzene rings is 1. The average Bonchev–Trinajstić information content (AvgIpc) is 3.48. The van der Waals surface area contributed by atoms with Gasteiger partial charge < -0.3 is 9.47 Å². The number of methoxy groups -OCH3 is 1. The fraction of sp³-hybridized carbons (Fsp3) is 0.682. The van der Waals surface area contributed by atoms with Crippen molar-refractivity contribution >= 4 is 5.97 Å². The molecular formula is C22H27F4NO3. The molecule has 30 heavy (non-hydrogen) atoms. The minimum absolute atomic E-state index is 0.00147. The van der Waals surface area contributed by atoms with E-state index >= 15 is 0 Å². The van der Waals surface area contributed by atoms with Crippen LogP contribution in [0.4, 0.5) is 17.6 Å². The third-order valence-corrected chi connectivity index (χ3v) is 6.72. The van der Waals surface area contributed by atoms with Gasteiger partial charge in [-0.2, -0.15) is 13.2 Å². The van der Waals surface area contributed by atoms with Gasteiger partial charge in [-0.25, -0.2) is 9.18 Å². The Morgan fingerprint density at radius 1 is 1.20 bits per heavy atom. The molecule has 0 aromatic heterocycles. The molecule has 0 spiro atoms. The summed E-state index contributed by atoms with van der Waals surface area (Å²) in [5.41, 5.74) is -0.934. The topological polar surface area (TPSA) is 38.8 Å². The van der Waals surface area contributed by atoms with Crippen LogP contribution in [0.15, 0.2) is 12.1 Å². The Balaban J connectivity index is 1.48. The third kappa shape index (κ3) is 4.15. The van der Waals surface area contributed by atoms with Crippen molar-refractivity contribution in [2.45, 2.75) is 63.1 Å². The van der Waals surface area contributed by atoms with Crippen LogP contribution in [0.3, 0.4) is 0 Å². The zero-order valence-electron chi connectivity index (χ0n) is 17.1. The van der Waals surface area contributed by atoms with Crippen molar-refractivity contribution in [2.24, 2.45) is 5.41 Å². The number of carbonyl (C=O) groups is 1. The summed E-state index contributed by atoms with van der Waals surface area (Å²) in [4.78, 5) is 13.7. The molecule has 0 N–H and O–H groups in total. The van der Waals surface area contributed by atoms with Crippen LogP contribution in [0, 0.1) is 11.2 Å². The van der Waals surface area contributed by atoms with Crippen molar-refractivity contribution in [2.75, 3.05) is 26.7 Å². The molecule has 1 atom stereocenters. The highest BCUT2D eigenvalue weighted by molar-refractivity contribution is 5.90. The molecule has 0 amide bonds. The van der Waals surface area contributed by atoms with E-state index in [0.29, 0.717) is 31.7 Å². The first-order valence-corrected chi connectivity index (χ1v) is 10.6. The van der Waals surface area contributed by atoms with Crippen molar-refractivity contribution in [3.8, 4) is 5.75 Å². The molecule has 1 saturated heterocycles. The zero-order chi connectivity index (χ0) is 21.5. The number of likely N-dealkylation sites (tertiary alicyclic amines) is 1. The number of carbonyl (C=O) groups excluding carboxylic acids is 1. The van der Waals surface area contributed by atoms with Gasteiger partial charge in [-0.1, -0.05) is 6.42 Å². The van der Waals surface area contributed by atoms with Crippen LogP contribution in [-0.2, 0) is 4.74 Å². The number of rotatable bonds is 6. The van der Waals surface area contributed by atoms with Gasteiger partial charge in [0, 0.05) is 19.2 Å². The summed E-state index contributed by atoms with van der Waals surface area (Å²) < 4.78 is 65.9. The van der Waals surface area contributed by atoms with Crippen molar-refractivity contribution < 1.29 is 31.8 Å². The third-order valence-electron chi connectivity index (χ3n) is 6.72. The second-order valence-corrected chi connectivity index (χ2v) is 8.88. The van der Waals surface area contributed by atoms with E-state index in [-0.39, 0.29) is 37.0 Å². The standard InChI is InChI=1S/C22H27F4NO3/c1-29-20(28)17-10-16(14-5-6-14)19(11-18(17)23)30-15-4-2-9-27(12-15)13-21(7-3-8-21)22(24,25)26/h10-11,14-15H,2-9,12-13H2,1H3. The van der Waals surface area contributed by atoms with Crippen molar-refractivity contribution in [1.29, 1.82) is 0 Å². The van der Waals surface area contributed by atoms with Gasteiger partial charge in [-0.05, 0) is 62.6 Å². The van der Waals surface area contributed by atoms with Crippen LogP contribution in [0.5, 0.6) is 5.75 Å². The predicted octanol–water partition coefficient (Wildman–Crippen LogP) is 5.07. The molecule has 3 fully saturated rings. The summed E-state index contributed by atoms with van der Waals surface area (Å²) in [7, 11) is 1.20. The second kappa shape index (κ2) is 8.02. The molecule has 1 aromatic carbocycles. The smallest absolute Gasteiger partial charge is 0.395 e. The highest BCUT2D eigenvalue weighted by atomic mass is 19.4. The van der Waals surface area contributed by atoms with Crippen LogP contribution >= 0.6 is 0 Å². The van der Waals surface area contributed by atoms with Gasteiger partial charge in [0.15, 0.2) is 0 Å². The number of halogens is 4. The Bertz CT molecular complexity index is 802. The van der Waals surface area contributed by atoms with Gasteiger partial charge in [-0.15, -0.1) is 0 Å². The van der Waals surface area contributed by atoms with Crippen LogP contribution < -0.4 is 4.74 Å². The summed E-state index contributed by atoms with van der Waals surface area (Å²) in [5.74, 6) is -0.835. The molecule has 1 heterocycles. The van der Waals surface area contributed by atoms with E-state index in [2.05, 4.69) is 4.74 Å². The van der Waals surface area contributed by atoms with E-state index < -0.39 is 23.4 Å². The molecule has 4 nitrogen and oxygen atoms in total. The van der Waals surface area contributed by atoms with E-state index in [1.165, 1.54) is 19.2 Å². The number of hydrogen-bond donors (Lipinski definition) is 0. The number of nitrogens with zero attached hydrogens (tertiary/aromatic N) is 1. The molecule has 3 aliphatic rings. The van der Waals surface area contributed by atoms with Crippen LogP contribution in [-0.4, -0.2) is 49.9 Å². The van der Waals surface area contributed by atoms with Crippen molar-refractivity contribution in [1.82, 2.24) is 4.90 Å². The highest BCUT2D eigenvalue weighted by Gasteiger charge is 2.58. The number of piperidine rings is 1. The summed E-state index contributed by atoms with van der Waals surface area (Å²) in [5, 5.41) is 0. The van der Waals surface area contributed by atoms with E-state index in [1.807, 2.05) is 4.90 Å². The summed E-state index contributed by atoms with van der Waals surface area (Å²) >= 11 is 0. The number of ether oxygens (including phenoxy) is 2. The molecule has 0 radical (unpaired) electrons. The molecule has 1 aromatic rings. The lowest BCUT2D eigenvalue weighted by Crippen LogP contribution is -2.54. The largest absolute Gasteiger partial charge is 0.489 e. The average molecular weight is 429 g/mol. The van der Waals surface area contributed by atoms with Gasteiger partial charge in [-0.3, -0.25) is 4.90 Å². The first-order valence-electron chi connectivity index (χ1n) is 10.6. The lowest BCUT2D eigenvalue weighted by atomic mass is 9.67. The second-order valence-electron chi connectivity index (χ2n) is 8.88. The molecule has 8 heteroatoms. The van der Waals surface area contributed by atoms with Gasteiger partial charge in [0.1, 0.15) is 17.7 Å².